The van der Waals surface area contributed by atoms with Gasteiger partial charge in [-0.1, -0.05) is 23.7 Å². The van der Waals surface area contributed by atoms with Gasteiger partial charge in [0, 0.05) is 16.6 Å². The van der Waals surface area contributed by atoms with Gasteiger partial charge in [-0.25, -0.2) is 22.0 Å². The Balaban J connectivity index is 2.08. The first-order valence-corrected chi connectivity index (χ1v) is 10.0. The van der Waals surface area contributed by atoms with Gasteiger partial charge >= 0.3 is 0 Å². The molecule has 0 aliphatic heterocycles. The van der Waals surface area contributed by atoms with Crippen LogP contribution in [0, 0.1) is 0 Å². The molecule has 0 fully saturated rings. The van der Waals surface area contributed by atoms with Gasteiger partial charge < -0.3 is 4.98 Å². The number of aromatic amines is 1. The number of H-pyrrole nitrogens is 1. The van der Waals surface area contributed by atoms with Crippen LogP contribution in [0.5, 0.6) is 0 Å². The van der Waals surface area contributed by atoms with Crippen molar-refractivity contribution in [1.29, 1.82) is 0 Å². The van der Waals surface area contributed by atoms with Crippen LogP contribution >= 0.6 is 11.6 Å². The van der Waals surface area contributed by atoms with Crippen LogP contribution in [-0.4, -0.2) is 21.8 Å². The highest BCUT2D eigenvalue weighted by atomic mass is 35.5. The number of halogens is 1. The summed E-state index contributed by atoms with van der Waals surface area (Å²) in [7, 11) is -7.78. The van der Waals surface area contributed by atoms with Crippen LogP contribution in [0.1, 0.15) is 0 Å². The summed E-state index contributed by atoms with van der Waals surface area (Å²) >= 11 is 5.76. The van der Waals surface area contributed by atoms with Gasteiger partial charge in [0.05, 0.1) is 16.1 Å². The molecule has 3 rings (SSSR count). The lowest BCUT2D eigenvalue weighted by molar-refractivity contribution is 0.598. The fourth-order valence-electron chi connectivity index (χ4n) is 2.27. The van der Waals surface area contributed by atoms with Crippen LogP contribution in [0.15, 0.2) is 58.5 Å². The van der Waals surface area contributed by atoms with E-state index in [1.165, 1.54) is 48.7 Å². The third-order valence-electron chi connectivity index (χ3n) is 3.35. The number of nitrogens with one attached hydrogen (secondary N) is 2. The van der Waals surface area contributed by atoms with Crippen molar-refractivity contribution in [2.75, 3.05) is 4.72 Å². The summed E-state index contributed by atoms with van der Waals surface area (Å²) in [6.07, 6.45) is 1.22. The van der Waals surface area contributed by atoms with Crippen molar-refractivity contribution in [3.8, 4) is 0 Å². The molecule has 0 bridgehead atoms. The average molecular weight is 386 g/mol. The second kappa shape index (κ2) is 5.78. The predicted molar refractivity (Wildman–Crippen MR) is 91.9 cm³/mol. The first-order chi connectivity index (χ1) is 11.2. The molecule has 0 saturated carbocycles. The molecule has 24 heavy (non-hydrogen) atoms. The Kier molecular flexibility index (Phi) is 4.04. The molecule has 126 valence electrons. The first-order valence-electron chi connectivity index (χ1n) is 6.60. The molecule has 0 spiro atoms. The quantitative estimate of drug-likeness (QED) is 0.637. The third kappa shape index (κ3) is 3.11. The molecule has 0 unspecified atom stereocenters. The molecule has 0 aliphatic carbocycles. The van der Waals surface area contributed by atoms with Crippen molar-refractivity contribution in [1.82, 2.24) is 4.98 Å². The van der Waals surface area contributed by atoms with E-state index in [9.17, 15) is 16.8 Å². The van der Waals surface area contributed by atoms with Gasteiger partial charge in [0.2, 0.25) is 10.0 Å². The van der Waals surface area contributed by atoms with Crippen LogP contribution in [-0.2, 0) is 20.0 Å². The predicted octanol–water partition coefficient (Wildman–Crippen LogP) is 2.27. The highest BCUT2D eigenvalue weighted by molar-refractivity contribution is 7.92. The summed E-state index contributed by atoms with van der Waals surface area (Å²) in [6.45, 7) is 0. The number of anilines is 1. The Morgan fingerprint density at radius 2 is 1.67 bits per heavy atom. The third-order valence-corrected chi connectivity index (χ3v) is 5.94. The van der Waals surface area contributed by atoms with E-state index in [1.807, 2.05) is 0 Å². The number of rotatable bonds is 4. The standard InChI is InChI=1S/C14H12ClN3O4S2/c15-9-4-6-10(7-5-9)24(21,22)18-12-3-1-2-11-13(23(16,19)20)8-17-14(11)12/h1-8,17-18H,(H2,16,19,20). The summed E-state index contributed by atoms with van der Waals surface area (Å²) in [5, 5.41) is 5.87. The molecular weight excluding hydrogens is 374 g/mol. The molecule has 0 radical (unpaired) electrons. The molecule has 3 aromatic rings. The Bertz CT molecular complexity index is 1120. The summed E-state index contributed by atoms with van der Waals surface area (Å²) in [5.41, 5.74) is 0.524. The second-order valence-electron chi connectivity index (χ2n) is 4.99. The number of para-hydroxylation sites is 1. The number of hydrogen-bond donors (Lipinski definition) is 3. The number of aromatic nitrogens is 1. The van der Waals surface area contributed by atoms with Crippen molar-refractivity contribution in [2.24, 2.45) is 5.14 Å². The van der Waals surface area contributed by atoms with E-state index >= 15 is 0 Å². The van der Waals surface area contributed by atoms with E-state index in [0.717, 1.165) is 0 Å². The minimum absolute atomic E-state index is 0.0297. The zero-order valence-corrected chi connectivity index (χ0v) is 14.4. The number of benzene rings is 2. The van der Waals surface area contributed by atoms with Crippen molar-refractivity contribution in [3.63, 3.8) is 0 Å². The summed E-state index contributed by atoms with van der Waals surface area (Å²) in [4.78, 5) is 2.66. The van der Waals surface area contributed by atoms with E-state index in [1.54, 1.807) is 0 Å². The summed E-state index contributed by atoms with van der Waals surface area (Å²) in [6, 6.07) is 10.2. The normalized spacial score (nSPS) is 12.4. The van der Waals surface area contributed by atoms with E-state index in [0.29, 0.717) is 15.9 Å². The molecule has 4 N–H and O–H groups in total. The van der Waals surface area contributed by atoms with E-state index < -0.39 is 20.0 Å². The van der Waals surface area contributed by atoms with E-state index in [4.69, 9.17) is 16.7 Å². The Morgan fingerprint density at radius 3 is 2.29 bits per heavy atom. The van der Waals surface area contributed by atoms with Crippen molar-refractivity contribution < 1.29 is 16.8 Å². The SMILES string of the molecule is NS(=O)(=O)c1c[nH]c2c(NS(=O)(=O)c3ccc(Cl)cc3)cccc12. The maximum Gasteiger partial charge on any atom is 0.261 e. The largest absolute Gasteiger partial charge is 0.358 e. The zero-order valence-electron chi connectivity index (χ0n) is 12.0. The molecular formula is C14H12ClN3O4S2. The second-order valence-corrected chi connectivity index (χ2v) is 8.63. The number of fused-ring (bicyclic) bond motifs is 1. The lowest BCUT2D eigenvalue weighted by atomic mass is 10.2. The Morgan fingerprint density at radius 1 is 1.00 bits per heavy atom. The molecule has 0 saturated heterocycles. The van der Waals surface area contributed by atoms with Gasteiger partial charge in [-0.15, -0.1) is 0 Å². The summed E-state index contributed by atoms with van der Waals surface area (Å²) < 4.78 is 50.5. The monoisotopic (exact) mass is 385 g/mol. The minimum atomic E-state index is -3.93. The van der Waals surface area contributed by atoms with Crippen LogP contribution in [0.4, 0.5) is 5.69 Å². The average Bonchev–Trinajstić information content (AvgIpc) is 2.92. The van der Waals surface area contributed by atoms with Crippen molar-refractivity contribution in [2.45, 2.75) is 9.79 Å². The fourth-order valence-corrected chi connectivity index (χ4v) is 4.16. The highest BCUT2D eigenvalue weighted by Crippen LogP contribution is 2.29. The maximum atomic E-state index is 12.4. The molecule has 0 amide bonds. The first kappa shape index (κ1) is 16.8. The zero-order chi connectivity index (χ0) is 17.5. The van der Waals surface area contributed by atoms with E-state index in [-0.39, 0.29) is 15.5 Å². The van der Waals surface area contributed by atoms with Gasteiger partial charge in [0.25, 0.3) is 10.0 Å². The maximum absolute atomic E-state index is 12.4. The molecule has 10 heteroatoms. The van der Waals surface area contributed by atoms with Gasteiger partial charge in [-0.3, -0.25) is 4.72 Å². The number of nitrogens with two attached hydrogens (primary N) is 1. The number of sulfonamides is 2. The van der Waals surface area contributed by atoms with E-state index in [2.05, 4.69) is 9.71 Å². The molecule has 0 aliphatic rings. The van der Waals surface area contributed by atoms with Crippen LogP contribution in [0.25, 0.3) is 10.9 Å². The Labute approximate surface area is 143 Å². The molecule has 7 nitrogen and oxygen atoms in total. The summed E-state index contributed by atoms with van der Waals surface area (Å²) in [5.74, 6) is 0. The number of hydrogen-bond acceptors (Lipinski definition) is 4. The fraction of sp³-hybridized carbons (Fsp3) is 0. The molecule has 1 aromatic heterocycles. The van der Waals surface area contributed by atoms with Crippen LogP contribution in [0.2, 0.25) is 5.02 Å². The van der Waals surface area contributed by atoms with Gasteiger partial charge in [0.1, 0.15) is 4.90 Å². The molecule has 2 aromatic carbocycles. The van der Waals surface area contributed by atoms with Crippen molar-refractivity contribution >= 4 is 48.2 Å². The molecule has 0 atom stereocenters. The van der Waals surface area contributed by atoms with Crippen LogP contribution in [0.3, 0.4) is 0 Å². The topological polar surface area (TPSA) is 122 Å². The highest BCUT2D eigenvalue weighted by Gasteiger charge is 2.19. The van der Waals surface area contributed by atoms with Crippen molar-refractivity contribution in [3.05, 3.63) is 53.7 Å². The minimum Gasteiger partial charge on any atom is -0.358 e. The van der Waals surface area contributed by atoms with Gasteiger partial charge in [-0.2, -0.15) is 0 Å². The van der Waals surface area contributed by atoms with Gasteiger partial charge in [-0.05, 0) is 30.3 Å². The lowest BCUT2D eigenvalue weighted by Crippen LogP contribution is -2.13. The smallest absolute Gasteiger partial charge is 0.261 e. The van der Waals surface area contributed by atoms with Crippen LogP contribution < -0.4 is 9.86 Å². The number of primary sulfonamides is 1. The molecule has 1 heterocycles. The Hall–Kier alpha value is -2.07. The lowest BCUT2D eigenvalue weighted by Gasteiger charge is -2.09. The van der Waals surface area contributed by atoms with Gasteiger partial charge in [0.15, 0.2) is 0 Å².